The number of carboxylic acids is 1. The van der Waals surface area contributed by atoms with Gasteiger partial charge < -0.3 is 14.6 Å². The third-order valence-electron chi connectivity index (χ3n) is 5.13. The van der Waals surface area contributed by atoms with Crippen molar-refractivity contribution < 1.29 is 19.4 Å². The second-order valence-electron chi connectivity index (χ2n) is 7.54. The highest BCUT2D eigenvalue weighted by Gasteiger charge is 2.17. The van der Waals surface area contributed by atoms with E-state index in [4.69, 9.17) is 19.6 Å². The highest BCUT2D eigenvalue weighted by molar-refractivity contribution is 9.10. The molecule has 1 heterocycles. The summed E-state index contributed by atoms with van der Waals surface area (Å²) in [6, 6.07) is 10.4. The summed E-state index contributed by atoms with van der Waals surface area (Å²) < 4.78 is 13.2. The lowest BCUT2D eigenvalue weighted by atomic mass is 10.1. The summed E-state index contributed by atoms with van der Waals surface area (Å²) in [5.41, 5.74) is 1.02. The predicted octanol–water partition coefficient (Wildman–Crippen LogP) is 4.81. The average molecular weight is 516 g/mol. The molecule has 0 amide bonds. The highest BCUT2D eigenvalue weighted by Crippen LogP contribution is 2.29. The fourth-order valence-electron chi connectivity index (χ4n) is 3.11. The maximum atomic E-state index is 13.2. The van der Waals surface area contributed by atoms with Gasteiger partial charge >= 0.3 is 5.97 Å². The number of halogens is 1. The highest BCUT2D eigenvalue weighted by atomic mass is 79.9. The minimum absolute atomic E-state index is 0.0233. The van der Waals surface area contributed by atoms with Crippen molar-refractivity contribution in [2.24, 2.45) is 5.10 Å². The summed E-state index contributed by atoms with van der Waals surface area (Å²) in [6.07, 6.45) is 1.32. The Balaban J connectivity index is 2.05. The molecule has 3 rings (SSSR count). The van der Waals surface area contributed by atoms with Crippen LogP contribution in [0, 0.1) is 0 Å². The van der Waals surface area contributed by atoms with Crippen LogP contribution >= 0.6 is 15.9 Å². The van der Waals surface area contributed by atoms with Gasteiger partial charge in [-0.05, 0) is 62.2 Å². The quantitative estimate of drug-likeness (QED) is 0.410. The van der Waals surface area contributed by atoms with Gasteiger partial charge in [-0.25, -0.2) is 9.78 Å². The van der Waals surface area contributed by atoms with E-state index in [1.165, 1.54) is 11.6 Å². The number of benzene rings is 2. The first-order valence-electron chi connectivity index (χ1n) is 10.7. The van der Waals surface area contributed by atoms with Gasteiger partial charge in [0.15, 0.2) is 17.6 Å². The second-order valence-corrected chi connectivity index (χ2v) is 8.46. The van der Waals surface area contributed by atoms with Crippen LogP contribution in [0.25, 0.3) is 10.9 Å². The zero-order valence-corrected chi connectivity index (χ0v) is 20.5. The Kier molecular flexibility index (Phi) is 7.86. The Morgan fingerprint density at radius 1 is 1.21 bits per heavy atom. The number of carboxylic acid groups (broad SMARTS) is 1. The van der Waals surface area contributed by atoms with E-state index >= 15 is 0 Å². The largest absolute Gasteiger partial charge is 0.490 e. The summed E-state index contributed by atoms with van der Waals surface area (Å²) >= 11 is 3.41. The molecule has 0 fully saturated rings. The van der Waals surface area contributed by atoms with Crippen LogP contribution in [-0.2, 0) is 4.79 Å². The van der Waals surface area contributed by atoms with Gasteiger partial charge in [0.05, 0.1) is 23.7 Å². The number of hydrogen-bond donors (Lipinski definition) is 1. The number of aliphatic carboxylic acids is 1. The number of aromatic nitrogens is 2. The van der Waals surface area contributed by atoms with E-state index in [0.717, 1.165) is 10.9 Å². The van der Waals surface area contributed by atoms with Gasteiger partial charge in [-0.3, -0.25) is 4.79 Å². The molecule has 174 valence electrons. The van der Waals surface area contributed by atoms with Crippen molar-refractivity contribution in [2.45, 2.75) is 46.1 Å². The summed E-state index contributed by atoms with van der Waals surface area (Å²) in [5, 5.41) is 14.0. The Morgan fingerprint density at radius 2 is 1.97 bits per heavy atom. The maximum absolute atomic E-state index is 13.2. The zero-order chi connectivity index (χ0) is 24.1. The lowest BCUT2D eigenvalue weighted by Crippen LogP contribution is -2.24. The topological polar surface area (TPSA) is 103 Å². The standard InChI is InChI=1S/C24H26BrN3O5/c1-5-14(3)22-27-19-9-8-17(25)12-18(19)23(29)28(22)26-13-16-7-10-20(21(11-16)32-6-2)33-15(4)24(30)31/h7-15H,5-6H2,1-4H3,(H,30,31)/t14-,15-/m0/s1. The molecule has 33 heavy (non-hydrogen) atoms. The van der Waals surface area contributed by atoms with Crippen molar-refractivity contribution in [3.05, 3.63) is 62.6 Å². The molecule has 0 aliphatic carbocycles. The molecule has 0 unspecified atom stereocenters. The second kappa shape index (κ2) is 10.6. The van der Waals surface area contributed by atoms with Gasteiger partial charge in [-0.2, -0.15) is 9.78 Å². The molecular formula is C24H26BrN3O5. The normalized spacial score (nSPS) is 13.2. The number of rotatable bonds is 9. The molecule has 9 heteroatoms. The maximum Gasteiger partial charge on any atom is 0.344 e. The molecule has 8 nitrogen and oxygen atoms in total. The average Bonchev–Trinajstić information content (AvgIpc) is 2.79. The molecule has 0 aliphatic heterocycles. The summed E-state index contributed by atoms with van der Waals surface area (Å²) in [6.45, 7) is 7.67. The van der Waals surface area contributed by atoms with Crippen molar-refractivity contribution in [3.8, 4) is 11.5 Å². The minimum atomic E-state index is -1.07. The molecule has 1 aromatic heterocycles. The van der Waals surface area contributed by atoms with E-state index in [-0.39, 0.29) is 11.5 Å². The van der Waals surface area contributed by atoms with Gasteiger partial charge in [0, 0.05) is 10.4 Å². The van der Waals surface area contributed by atoms with Gasteiger partial charge in [0.25, 0.3) is 5.56 Å². The van der Waals surface area contributed by atoms with Gasteiger partial charge in [-0.15, -0.1) is 0 Å². The van der Waals surface area contributed by atoms with Crippen LogP contribution < -0.4 is 15.0 Å². The van der Waals surface area contributed by atoms with Crippen LogP contribution in [0.4, 0.5) is 0 Å². The first-order chi connectivity index (χ1) is 15.7. The third-order valence-corrected chi connectivity index (χ3v) is 5.62. The van der Waals surface area contributed by atoms with E-state index in [2.05, 4.69) is 21.0 Å². The molecular weight excluding hydrogens is 490 g/mol. The lowest BCUT2D eigenvalue weighted by Gasteiger charge is -2.15. The fraction of sp³-hybridized carbons (Fsp3) is 0.333. The molecule has 0 saturated heterocycles. The van der Waals surface area contributed by atoms with Crippen molar-refractivity contribution in [3.63, 3.8) is 0 Å². The van der Waals surface area contributed by atoms with Crippen molar-refractivity contribution in [1.82, 2.24) is 9.66 Å². The number of hydrogen-bond acceptors (Lipinski definition) is 6. The molecule has 0 radical (unpaired) electrons. The lowest BCUT2D eigenvalue weighted by molar-refractivity contribution is -0.144. The predicted molar refractivity (Wildman–Crippen MR) is 131 cm³/mol. The Morgan fingerprint density at radius 3 is 2.64 bits per heavy atom. The smallest absolute Gasteiger partial charge is 0.344 e. The number of ether oxygens (including phenoxy) is 2. The van der Waals surface area contributed by atoms with Gasteiger partial charge in [0.1, 0.15) is 5.82 Å². The zero-order valence-electron chi connectivity index (χ0n) is 18.9. The van der Waals surface area contributed by atoms with Crippen LogP contribution in [0.15, 0.2) is 50.8 Å². The van der Waals surface area contributed by atoms with Crippen LogP contribution in [0.5, 0.6) is 11.5 Å². The number of fused-ring (bicyclic) bond motifs is 1. The number of nitrogens with zero attached hydrogens (tertiary/aromatic N) is 3. The monoisotopic (exact) mass is 515 g/mol. The molecule has 1 N–H and O–H groups in total. The minimum Gasteiger partial charge on any atom is -0.490 e. The van der Waals surface area contributed by atoms with Crippen molar-refractivity contribution >= 4 is 39.0 Å². The Labute approximate surface area is 200 Å². The first kappa shape index (κ1) is 24.4. The van der Waals surface area contributed by atoms with E-state index in [1.807, 2.05) is 32.9 Å². The summed E-state index contributed by atoms with van der Waals surface area (Å²) in [4.78, 5) is 29.1. The molecule has 0 spiro atoms. The molecule has 0 aliphatic rings. The summed E-state index contributed by atoms with van der Waals surface area (Å²) in [7, 11) is 0. The molecule has 2 atom stereocenters. The van der Waals surface area contributed by atoms with Gasteiger partial charge in [0.2, 0.25) is 0 Å². The van der Waals surface area contributed by atoms with E-state index in [1.54, 1.807) is 30.5 Å². The molecule has 0 saturated carbocycles. The first-order valence-corrected chi connectivity index (χ1v) is 11.5. The molecule has 0 bridgehead atoms. The van der Waals surface area contributed by atoms with Crippen molar-refractivity contribution in [2.75, 3.05) is 6.61 Å². The van der Waals surface area contributed by atoms with Crippen LogP contribution in [0.2, 0.25) is 0 Å². The number of carbonyl (C=O) groups is 1. The SMILES string of the molecule is CCOc1cc(C=Nn2c([C@@H](C)CC)nc3ccc(Br)cc3c2=O)ccc1O[C@@H](C)C(=O)O. The van der Waals surface area contributed by atoms with Crippen LogP contribution in [0.1, 0.15) is 51.4 Å². The van der Waals surface area contributed by atoms with Gasteiger partial charge in [-0.1, -0.05) is 29.8 Å². The fourth-order valence-corrected chi connectivity index (χ4v) is 3.48. The Bertz CT molecular complexity index is 1250. The van der Waals surface area contributed by atoms with E-state index < -0.39 is 12.1 Å². The summed E-state index contributed by atoms with van der Waals surface area (Å²) in [5.74, 6) is 0.239. The van der Waals surface area contributed by atoms with Crippen LogP contribution in [-0.4, -0.2) is 39.7 Å². The molecule has 2 aromatic carbocycles. The molecule has 3 aromatic rings. The van der Waals surface area contributed by atoms with E-state index in [9.17, 15) is 9.59 Å². The van der Waals surface area contributed by atoms with E-state index in [0.29, 0.717) is 40.4 Å². The third kappa shape index (κ3) is 5.60. The van der Waals surface area contributed by atoms with Crippen LogP contribution in [0.3, 0.4) is 0 Å². The van der Waals surface area contributed by atoms with Crippen molar-refractivity contribution in [1.29, 1.82) is 0 Å². The Hall–Kier alpha value is -3.20.